The molecule has 1 N–H and O–H groups in total. The van der Waals surface area contributed by atoms with Crippen LogP contribution in [-0.4, -0.2) is 24.0 Å². The van der Waals surface area contributed by atoms with Crippen LogP contribution in [0, 0.1) is 22.9 Å². The minimum atomic E-state index is -1.25. The smallest absolute Gasteiger partial charge is 0.317 e. The van der Waals surface area contributed by atoms with E-state index in [1.165, 1.54) is 0 Å². The SMILES string of the molecule is CC1(C)CCCN(C(=O)NCc2cc(F)cc(F)c2F)C1. The maximum Gasteiger partial charge on any atom is 0.317 e. The zero-order valence-corrected chi connectivity index (χ0v) is 12.2. The van der Waals surface area contributed by atoms with E-state index in [4.69, 9.17) is 0 Å². The molecule has 116 valence electrons. The molecule has 1 saturated heterocycles. The van der Waals surface area contributed by atoms with E-state index in [1.807, 2.05) is 0 Å². The highest BCUT2D eigenvalue weighted by molar-refractivity contribution is 5.74. The quantitative estimate of drug-likeness (QED) is 0.834. The lowest BCUT2D eigenvalue weighted by atomic mass is 9.84. The molecule has 1 aromatic carbocycles. The van der Waals surface area contributed by atoms with Crippen LogP contribution in [0.25, 0.3) is 0 Å². The highest BCUT2D eigenvalue weighted by atomic mass is 19.2. The number of carbonyl (C=O) groups excluding carboxylic acids is 1. The first-order chi connectivity index (χ1) is 9.78. The molecule has 6 heteroatoms. The van der Waals surface area contributed by atoms with Crippen LogP contribution in [-0.2, 0) is 6.54 Å². The molecule has 0 saturated carbocycles. The van der Waals surface area contributed by atoms with Crippen LogP contribution in [0.1, 0.15) is 32.3 Å². The molecule has 0 aliphatic carbocycles. The molecule has 0 aromatic heterocycles. The Morgan fingerprint density at radius 3 is 2.71 bits per heavy atom. The standard InChI is InChI=1S/C15H19F3N2O/c1-15(2)4-3-5-20(9-15)14(21)19-8-10-6-11(16)7-12(17)13(10)18/h6-7H,3-5,8-9H2,1-2H3,(H,19,21). The molecule has 0 radical (unpaired) electrons. The van der Waals surface area contributed by atoms with Crippen LogP contribution in [0.15, 0.2) is 12.1 Å². The number of likely N-dealkylation sites (tertiary alicyclic amines) is 1. The molecule has 2 rings (SSSR count). The van der Waals surface area contributed by atoms with Gasteiger partial charge in [0.25, 0.3) is 0 Å². The first-order valence-electron chi connectivity index (χ1n) is 6.95. The molecule has 1 fully saturated rings. The van der Waals surface area contributed by atoms with Crippen molar-refractivity contribution >= 4 is 6.03 Å². The number of carbonyl (C=O) groups is 1. The fraction of sp³-hybridized carbons (Fsp3) is 0.533. The third-order valence-corrected chi connectivity index (χ3v) is 3.69. The van der Waals surface area contributed by atoms with Crippen molar-refractivity contribution in [3.8, 4) is 0 Å². The molecular formula is C15H19F3N2O. The summed E-state index contributed by atoms with van der Waals surface area (Å²) >= 11 is 0. The zero-order chi connectivity index (χ0) is 15.6. The normalized spacial score (nSPS) is 17.7. The van der Waals surface area contributed by atoms with E-state index in [9.17, 15) is 18.0 Å². The number of hydrogen-bond acceptors (Lipinski definition) is 1. The van der Waals surface area contributed by atoms with Crippen molar-refractivity contribution in [1.29, 1.82) is 0 Å². The number of amides is 2. The van der Waals surface area contributed by atoms with E-state index < -0.39 is 17.5 Å². The van der Waals surface area contributed by atoms with Crippen LogP contribution < -0.4 is 5.32 Å². The second-order valence-corrected chi connectivity index (χ2v) is 6.21. The summed E-state index contributed by atoms with van der Waals surface area (Å²) in [6.45, 7) is 5.16. The van der Waals surface area contributed by atoms with Gasteiger partial charge >= 0.3 is 6.03 Å². The van der Waals surface area contributed by atoms with E-state index in [2.05, 4.69) is 19.2 Å². The highest BCUT2D eigenvalue weighted by Gasteiger charge is 2.29. The van der Waals surface area contributed by atoms with Crippen LogP contribution in [0.2, 0.25) is 0 Å². The van der Waals surface area contributed by atoms with E-state index in [1.54, 1.807) is 4.90 Å². The maximum absolute atomic E-state index is 13.5. The highest BCUT2D eigenvalue weighted by Crippen LogP contribution is 2.28. The summed E-state index contributed by atoms with van der Waals surface area (Å²) in [7, 11) is 0. The van der Waals surface area contributed by atoms with Gasteiger partial charge < -0.3 is 10.2 Å². The zero-order valence-electron chi connectivity index (χ0n) is 12.2. The summed E-state index contributed by atoms with van der Waals surface area (Å²) in [6, 6.07) is 1.03. The van der Waals surface area contributed by atoms with E-state index >= 15 is 0 Å². The fourth-order valence-corrected chi connectivity index (χ4v) is 2.62. The summed E-state index contributed by atoms with van der Waals surface area (Å²) in [6.07, 6.45) is 1.95. The van der Waals surface area contributed by atoms with Crippen LogP contribution in [0.4, 0.5) is 18.0 Å². The Kier molecular flexibility index (Phi) is 4.44. The molecular weight excluding hydrogens is 281 g/mol. The topological polar surface area (TPSA) is 32.3 Å². The number of piperidine rings is 1. The van der Waals surface area contributed by atoms with Crippen molar-refractivity contribution in [2.45, 2.75) is 33.2 Å². The second-order valence-electron chi connectivity index (χ2n) is 6.21. The summed E-state index contributed by atoms with van der Waals surface area (Å²) in [5.74, 6) is -3.24. The van der Waals surface area contributed by atoms with Crippen molar-refractivity contribution in [3.63, 3.8) is 0 Å². The van der Waals surface area contributed by atoms with E-state index in [0.29, 0.717) is 19.2 Å². The first-order valence-corrected chi connectivity index (χ1v) is 6.95. The number of nitrogens with zero attached hydrogens (tertiary/aromatic N) is 1. The van der Waals surface area contributed by atoms with Gasteiger partial charge in [-0.3, -0.25) is 0 Å². The monoisotopic (exact) mass is 300 g/mol. The van der Waals surface area contributed by atoms with Gasteiger partial charge in [0.2, 0.25) is 0 Å². The van der Waals surface area contributed by atoms with Crippen LogP contribution in [0.5, 0.6) is 0 Å². The molecule has 0 atom stereocenters. The van der Waals surface area contributed by atoms with Crippen molar-refractivity contribution in [3.05, 3.63) is 35.1 Å². The van der Waals surface area contributed by atoms with Crippen LogP contribution >= 0.6 is 0 Å². The minimum Gasteiger partial charge on any atom is -0.334 e. The van der Waals surface area contributed by atoms with E-state index in [-0.39, 0.29) is 23.6 Å². The predicted octanol–water partition coefficient (Wildman–Crippen LogP) is 3.44. The van der Waals surface area contributed by atoms with Crippen molar-refractivity contribution in [2.75, 3.05) is 13.1 Å². The third kappa shape index (κ3) is 3.89. The molecule has 0 unspecified atom stereocenters. The Morgan fingerprint density at radius 2 is 2.05 bits per heavy atom. The van der Waals surface area contributed by atoms with Crippen molar-refractivity contribution in [2.24, 2.45) is 5.41 Å². The maximum atomic E-state index is 13.5. The molecule has 0 spiro atoms. The van der Waals surface area contributed by atoms with E-state index in [0.717, 1.165) is 18.9 Å². The molecule has 3 nitrogen and oxygen atoms in total. The van der Waals surface area contributed by atoms with Crippen LogP contribution in [0.3, 0.4) is 0 Å². The van der Waals surface area contributed by atoms with Gasteiger partial charge in [0.05, 0.1) is 0 Å². The van der Waals surface area contributed by atoms with Gasteiger partial charge in [-0.2, -0.15) is 0 Å². The minimum absolute atomic E-state index is 0.0474. The largest absolute Gasteiger partial charge is 0.334 e. The summed E-state index contributed by atoms with van der Waals surface area (Å²) < 4.78 is 39.6. The van der Waals surface area contributed by atoms with Gasteiger partial charge in [0.1, 0.15) is 5.82 Å². The number of halogens is 3. The number of hydrogen-bond donors (Lipinski definition) is 1. The Balaban J connectivity index is 1.98. The van der Waals surface area contributed by atoms with Crippen molar-refractivity contribution < 1.29 is 18.0 Å². The molecule has 0 bridgehead atoms. The Hall–Kier alpha value is -1.72. The molecule has 1 aromatic rings. The number of rotatable bonds is 2. The van der Waals surface area contributed by atoms with Gasteiger partial charge in [-0.05, 0) is 24.3 Å². The number of urea groups is 1. The Bertz CT molecular complexity index is 546. The van der Waals surface area contributed by atoms with Gasteiger partial charge in [-0.15, -0.1) is 0 Å². The predicted molar refractivity (Wildman–Crippen MR) is 73.1 cm³/mol. The molecule has 1 aliphatic heterocycles. The van der Waals surface area contributed by atoms with Gasteiger partial charge in [0, 0.05) is 31.3 Å². The lowest BCUT2D eigenvalue weighted by Crippen LogP contribution is -2.47. The van der Waals surface area contributed by atoms with Gasteiger partial charge in [0.15, 0.2) is 11.6 Å². The number of nitrogens with one attached hydrogen (secondary N) is 1. The third-order valence-electron chi connectivity index (χ3n) is 3.69. The van der Waals surface area contributed by atoms with Gasteiger partial charge in [-0.25, -0.2) is 18.0 Å². The molecule has 21 heavy (non-hydrogen) atoms. The average Bonchev–Trinajstić information content (AvgIpc) is 2.39. The Morgan fingerprint density at radius 1 is 1.33 bits per heavy atom. The first kappa shape index (κ1) is 15.7. The molecule has 1 aliphatic rings. The van der Waals surface area contributed by atoms with Gasteiger partial charge in [-0.1, -0.05) is 13.8 Å². The summed E-state index contributed by atoms with van der Waals surface area (Å²) in [4.78, 5) is 13.7. The summed E-state index contributed by atoms with van der Waals surface area (Å²) in [5, 5.41) is 2.52. The lowest BCUT2D eigenvalue weighted by Gasteiger charge is -2.37. The van der Waals surface area contributed by atoms with Crippen molar-refractivity contribution in [1.82, 2.24) is 10.2 Å². The molecule has 2 amide bonds. The number of benzene rings is 1. The summed E-state index contributed by atoms with van der Waals surface area (Å²) in [5.41, 5.74) is -0.150. The Labute approximate surface area is 122 Å². The lowest BCUT2D eigenvalue weighted by molar-refractivity contribution is 0.129. The second kappa shape index (κ2) is 5.95. The molecule has 1 heterocycles. The average molecular weight is 300 g/mol. The fourth-order valence-electron chi connectivity index (χ4n) is 2.62.